The van der Waals surface area contributed by atoms with Gasteiger partial charge in [-0.25, -0.2) is 4.98 Å². The number of nitrogens with zero attached hydrogens (tertiary/aromatic N) is 2. The topological polar surface area (TPSA) is 25.8 Å². The fraction of sp³-hybridized carbons (Fsp3) is 0.0213. The van der Waals surface area contributed by atoms with E-state index in [-0.39, 0.29) is 0 Å². The highest BCUT2D eigenvalue weighted by Gasteiger charge is 2.49. The first-order chi connectivity index (χ1) is 24.3. The lowest BCUT2D eigenvalue weighted by Gasteiger charge is -2.40. The van der Waals surface area contributed by atoms with Crippen LogP contribution in [0.4, 0.5) is 0 Å². The Balaban J connectivity index is 1.11. The van der Waals surface area contributed by atoms with Crippen molar-refractivity contribution in [1.82, 2.24) is 9.97 Å². The van der Waals surface area contributed by atoms with Gasteiger partial charge in [-0.2, -0.15) is 0 Å². The first kappa shape index (κ1) is 26.7. The molecule has 2 nitrogen and oxygen atoms in total. The first-order valence-electron chi connectivity index (χ1n) is 16.9. The summed E-state index contributed by atoms with van der Waals surface area (Å²) >= 11 is 0. The molecule has 7 aromatic carbocycles. The second-order valence-corrected chi connectivity index (χ2v) is 13.3. The average Bonchev–Trinajstić information content (AvgIpc) is 3.47. The average molecular weight is 621 g/mol. The van der Waals surface area contributed by atoms with E-state index >= 15 is 0 Å². The highest BCUT2D eigenvalue weighted by atomic mass is 14.7. The smallest absolute Gasteiger partial charge is 0.0972 e. The van der Waals surface area contributed by atoms with Crippen molar-refractivity contribution in [1.29, 1.82) is 0 Å². The first-order valence-corrected chi connectivity index (χ1v) is 16.9. The molecular weight excluding hydrogens is 593 g/mol. The Morgan fingerprint density at radius 1 is 0.367 bits per heavy atom. The lowest BCUT2D eigenvalue weighted by atomic mass is 9.61. The van der Waals surface area contributed by atoms with Crippen LogP contribution in [-0.4, -0.2) is 9.97 Å². The van der Waals surface area contributed by atoms with Crippen molar-refractivity contribution >= 4 is 32.6 Å². The zero-order valence-corrected chi connectivity index (χ0v) is 26.6. The van der Waals surface area contributed by atoms with Gasteiger partial charge in [0, 0.05) is 22.5 Å². The number of fused-ring (bicyclic) bond motifs is 12. The number of benzene rings is 7. The van der Waals surface area contributed by atoms with Gasteiger partial charge in [0.1, 0.15) is 0 Å². The van der Waals surface area contributed by atoms with Gasteiger partial charge in [0.2, 0.25) is 0 Å². The van der Waals surface area contributed by atoms with E-state index in [4.69, 9.17) is 4.98 Å². The molecule has 0 aliphatic heterocycles. The Morgan fingerprint density at radius 2 is 0.959 bits per heavy atom. The van der Waals surface area contributed by atoms with Crippen LogP contribution in [0.1, 0.15) is 22.3 Å². The summed E-state index contributed by atoms with van der Waals surface area (Å²) in [5.74, 6) is 0. The molecule has 0 unspecified atom stereocenters. The predicted molar refractivity (Wildman–Crippen MR) is 202 cm³/mol. The Morgan fingerprint density at radius 3 is 1.76 bits per heavy atom. The number of aromatic nitrogens is 2. The molecule has 2 aliphatic carbocycles. The third kappa shape index (κ3) is 3.55. The Bertz CT molecular complexity index is 2780. The van der Waals surface area contributed by atoms with E-state index < -0.39 is 5.41 Å². The SMILES string of the molecule is c1ccc2c(c1)-c1ccccc1C21c2cc(-c3ccc(-c4ccc5ccc6cccnc6c5n4)cc3)ccc2-c2cccc3cccc1c23. The van der Waals surface area contributed by atoms with Crippen molar-refractivity contribution < 1.29 is 0 Å². The van der Waals surface area contributed by atoms with Crippen LogP contribution < -0.4 is 0 Å². The molecule has 2 heterocycles. The van der Waals surface area contributed by atoms with Gasteiger partial charge in [-0.05, 0) is 84.6 Å². The second kappa shape index (κ2) is 9.82. The van der Waals surface area contributed by atoms with Crippen LogP contribution in [0.25, 0.3) is 77.2 Å². The fourth-order valence-corrected chi connectivity index (χ4v) is 8.83. The highest BCUT2D eigenvalue weighted by molar-refractivity contribution is 6.07. The van der Waals surface area contributed by atoms with Crippen molar-refractivity contribution in [3.63, 3.8) is 0 Å². The van der Waals surface area contributed by atoms with Crippen LogP contribution in [0.3, 0.4) is 0 Å². The molecule has 0 saturated heterocycles. The third-order valence-electron chi connectivity index (χ3n) is 10.9. The lowest BCUT2D eigenvalue weighted by molar-refractivity contribution is 0.774. The lowest BCUT2D eigenvalue weighted by Crippen LogP contribution is -2.31. The summed E-state index contributed by atoms with van der Waals surface area (Å²) in [6.07, 6.45) is 1.84. The molecule has 226 valence electrons. The van der Waals surface area contributed by atoms with E-state index in [1.165, 1.54) is 66.4 Å². The minimum Gasteiger partial charge on any atom is -0.254 e. The van der Waals surface area contributed by atoms with E-state index in [0.29, 0.717) is 0 Å². The maximum atomic E-state index is 5.10. The van der Waals surface area contributed by atoms with Gasteiger partial charge in [-0.3, -0.25) is 4.98 Å². The van der Waals surface area contributed by atoms with Gasteiger partial charge in [0.05, 0.1) is 22.1 Å². The summed E-state index contributed by atoms with van der Waals surface area (Å²) in [6.45, 7) is 0. The Labute approximate surface area is 284 Å². The van der Waals surface area contributed by atoms with Gasteiger partial charge in [-0.15, -0.1) is 0 Å². The second-order valence-electron chi connectivity index (χ2n) is 13.3. The summed E-state index contributed by atoms with van der Waals surface area (Å²) in [7, 11) is 0. The molecule has 0 radical (unpaired) electrons. The van der Waals surface area contributed by atoms with Gasteiger partial charge in [-0.1, -0.05) is 146 Å². The van der Waals surface area contributed by atoms with Crippen LogP contribution in [0.5, 0.6) is 0 Å². The van der Waals surface area contributed by atoms with Crippen LogP contribution in [-0.2, 0) is 5.41 Å². The molecular formula is C47H28N2. The maximum absolute atomic E-state index is 5.10. The van der Waals surface area contributed by atoms with E-state index in [1.807, 2.05) is 12.3 Å². The largest absolute Gasteiger partial charge is 0.254 e. The van der Waals surface area contributed by atoms with Crippen molar-refractivity contribution in [2.45, 2.75) is 5.41 Å². The number of hydrogen-bond acceptors (Lipinski definition) is 2. The van der Waals surface area contributed by atoms with E-state index in [9.17, 15) is 0 Å². The van der Waals surface area contributed by atoms with Gasteiger partial charge in [0.25, 0.3) is 0 Å². The minimum atomic E-state index is -0.418. The van der Waals surface area contributed by atoms with E-state index in [2.05, 4.69) is 163 Å². The molecule has 2 heteroatoms. The Kier molecular flexibility index (Phi) is 5.34. The van der Waals surface area contributed by atoms with Crippen LogP contribution in [0, 0.1) is 0 Å². The standard InChI is InChI=1S/C47H28N2/c1-3-14-39-35(11-1)36-12-2-4-15-40(36)47(39)41-16-6-9-31-8-5-13-38(44(31)41)37-25-23-34(28-42(37)47)29-17-19-30(20-18-29)43-26-24-33-22-21-32-10-7-27-48-45(32)46(33)49-43/h1-28H. The summed E-state index contributed by atoms with van der Waals surface area (Å²) in [5.41, 5.74) is 16.6. The van der Waals surface area contributed by atoms with Gasteiger partial charge in [0.15, 0.2) is 0 Å². The maximum Gasteiger partial charge on any atom is 0.0972 e. The molecule has 11 rings (SSSR count). The zero-order chi connectivity index (χ0) is 32.1. The fourth-order valence-electron chi connectivity index (χ4n) is 8.83. The molecule has 0 atom stereocenters. The minimum absolute atomic E-state index is 0.418. The molecule has 0 fully saturated rings. The van der Waals surface area contributed by atoms with Crippen LogP contribution in [0.2, 0.25) is 0 Å². The summed E-state index contributed by atoms with van der Waals surface area (Å²) in [4.78, 5) is 9.76. The number of pyridine rings is 2. The van der Waals surface area contributed by atoms with Gasteiger partial charge < -0.3 is 0 Å². The Hall–Kier alpha value is -6.38. The molecule has 2 aliphatic rings. The molecule has 2 aromatic heterocycles. The van der Waals surface area contributed by atoms with E-state index in [0.717, 1.165) is 33.1 Å². The third-order valence-corrected chi connectivity index (χ3v) is 10.9. The molecule has 49 heavy (non-hydrogen) atoms. The van der Waals surface area contributed by atoms with Crippen LogP contribution in [0.15, 0.2) is 170 Å². The van der Waals surface area contributed by atoms with Crippen molar-refractivity contribution in [3.05, 3.63) is 192 Å². The highest BCUT2D eigenvalue weighted by Crippen LogP contribution is 2.62. The summed E-state index contributed by atoms with van der Waals surface area (Å²) in [5, 5.41) is 4.84. The molecule has 1 spiro atoms. The molecule has 9 aromatic rings. The van der Waals surface area contributed by atoms with Gasteiger partial charge >= 0.3 is 0 Å². The molecule has 0 amide bonds. The monoisotopic (exact) mass is 620 g/mol. The molecule has 0 N–H and O–H groups in total. The van der Waals surface area contributed by atoms with Crippen molar-refractivity contribution in [3.8, 4) is 44.6 Å². The quantitative estimate of drug-likeness (QED) is 0.180. The van der Waals surface area contributed by atoms with E-state index in [1.54, 1.807) is 0 Å². The van der Waals surface area contributed by atoms with Crippen molar-refractivity contribution in [2.75, 3.05) is 0 Å². The zero-order valence-electron chi connectivity index (χ0n) is 26.6. The normalized spacial score (nSPS) is 13.5. The number of rotatable bonds is 2. The predicted octanol–water partition coefficient (Wildman–Crippen LogP) is 11.6. The van der Waals surface area contributed by atoms with Crippen LogP contribution >= 0.6 is 0 Å². The van der Waals surface area contributed by atoms with Crippen molar-refractivity contribution in [2.24, 2.45) is 0 Å². The summed E-state index contributed by atoms with van der Waals surface area (Å²) < 4.78 is 0. The summed E-state index contributed by atoms with van der Waals surface area (Å²) in [6, 6.07) is 60.2. The number of hydrogen-bond donors (Lipinski definition) is 0. The molecule has 0 saturated carbocycles. The molecule has 0 bridgehead atoms.